The molecule has 0 aliphatic carbocycles. The summed E-state index contributed by atoms with van der Waals surface area (Å²) in [5, 5.41) is 13.1. The van der Waals surface area contributed by atoms with Gasteiger partial charge in [-0.1, -0.05) is 48.0 Å². The Kier molecular flexibility index (Phi) is 4.00. The molecule has 0 amide bonds. The van der Waals surface area contributed by atoms with Crippen molar-refractivity contribution in [2.75, 3.05) is 0 Å². The van der Waals surface area contributed by atoms with Gasteiger partial charge in [0.2, 0.25) is 0 Å². The maximum absolute atomic E-state index is 9.70. The molecule has 18 heavy (non-hydrogen) atoms. The van der Waals surface area contributed by atoms with Crippen LogP contribution in [0.1, 0.15) is 29.7 Å². The number of phenols is 1. The van der Waals surface area contributed by atoms with E-state index in [1.807, 2.05) is 18.2 Å². The van der Waals surface area contributed by atoms with E-state index >= 15 is 0 Å². The zero-order valence-corrected chi connectivity index (χ0v) is 10.9. The molecule has 0 saturated heterocycles. The van der Waals surface area contributed by atoms with Crippen molar-refractivity contribution in [2.45, 2.75) is 26.4 Å². The summed E-state index contributed by atoms with van der Waals surface area (Å²) in [7, 11) is 0. The fourth-order valence-corrected chi connectivity index (χ4v) is 1.98. The lowest BCUT2D eigenvalue weighted by molar-refractivity contribution is 0.460. The number of benzene rings is 2. The molecule has 0 radical (unpaired) electrons. The molecule has 0 aromatic heterocycles. The Morgan fingerprint density at radius 2 is 1.89 bits per heavy atom. The molecule has 0 fully saturated rings. The van der Waals surface area contributed by atoms with Crippen LogP contribution in [-0.4, -0.2) is 5.11 Å². The van der Waals surface area contributed by atoms with Crippen LogP contribution in [0, 0.1) is 6.92 Å². The third kappa shape index (κ3) is 3.11. The molecule has 0 heterocycles. The average molecular weight is 241 g/mol. The van der Waals surface area contributed by atoms with Gasteiger partial charge in [-0.25, -0.2) is 0 Å². The lowest BCUT2D eigenvalue weighted by Crippen LogP contribution is -2.18. The molecule has 1 atom stereocenters. The van der Waals surface area contributed by atoms with E-state index in [2.05, 4.69) is 43.4 Å². The monoisotopic (exact) mass is 241 g/mol. The molecule has 2 aromatic rings. The molecule has 2 N–H and O–H groups in total. The molecule has 0 bridgehead atoms. The maximum Gasteiger partial charge on any atom is 0.120 e. The summed E-state index contributed by atoms with van der Waals surface area (Å²) in [6.07, 6.45) is 0. The van der Waals surface area contributed by atoms with Crippen LogP contribution in [0.15, 0.2) is 48.5 Å². The standard InChI is InChI=1S/C16H19NO/c1-12-6-5-8-14(10-12)13(2)17-11-15-7-3-4-9-16(15)18/h3-10,13,17-18H,11H2,1-2H3/t13-/m1/s1. The van der Waals surface area contributed by atoms with Crippen molar-refractivity contribution < 1.29 is 5.11 Å². The van der Waals surface area contributed by atoms with Gasteiger partial charge in [0, 0.05) is 18.2 Å². The molecule has 2 nitrogen and oxygen atoms in total. The third-order valence-electron chi connectivity index (χ3n) is 3.13. The van der Waals surface area contributed by atoms with Crippen LogP contribution in [-0.2, 0) is 6.54 Å². The molecular formula is C16H19NO. The van der Waals surface area contributed by atoms with Crippen molar-refractivity contribution in [1.29, 1.82) is 0 Å². The Labute approximate surface area is 108 Å². The number of para-hydroxylation sites is 1. The number of phenolic OH excluding ortho intramolecular Hbond substituents is 1. The molecule has 0 aliphatic rings. The van der Waals surface area contributed by atoms with E-state index in [1.54, 1.807) is 6.07 Å². The van der Waals surface area contributed by atoms with Gasteiger partial charge in [-0.05, 0) is 25.5 Å². The Hall–Kier alpha value is -1.80. The van der Waals surface area contributed by atoms with Crippen LogP contribution in [0.25, 0.3) is 0 Å². The zero-order chi connectivity index (χ0) is 13.0. The minimum atomic E-state index is 0.268. The van der Waals surface area contributed by atoms with Gasteiger partial charge >= 0.3 is 0 Å². The van der Waals surface area contributed by atoms with Crippen molar-refractivity contribution >= 4 is 0 Å². The summed E-state index contributed by atoms with van der Waals surface area (Å²) >= 11 is 0. The third-order valence-corrected chi connectivity index (χ3v) is 3.13. The van der Waals surface area contributed by atoms with Gasteiger partial charge in [-0.3, -0.25) is 0 Å². The molecular weight excluding hydrogens is 222 g/mol. The van der Waals surface area contributed by atoms with Crippen LogP contribution in [0.3, 0.4) is 0 Å². The predicted octanol–water partition coefficient (Wildman–Crippen LogP) is 3.55. The van der Waals surface area contributed by atoms with E-state index in [0.29, 0.717) is 12.3 Å². The Bertz CT molecular complexity index is 522. The molecule has 0 spiro atoms. The number of aryl methyl sites for hydroxylation is 1. The maximum atomic E-state index is 9.70. The fourth-order valence-electron chi connectivity index (χ4n) is 1.98. The second-order valence-electron chi connectivity index (χ2n) is 4.65. The number of nitrogens with one attached hydrogen (secondary N) is 1. The van der Waals surface area contributed by atoms with Gasteiger partial charge in [0.25, 0.3) is 0 Å². The molecule has 94 valence electrons. The topological polar surface area (TPSA) is 32.3 Å². The number of hydrogen-bond acceptors (Lipinski definition) is 2. The van der Waals surface area contributed by atoms with Gasteiger partial charge < -0.3 is 10.4 Å². The largest absolute Gasteiger partial charge is 0.508 e. The molecule has 2 rings (SSSR count). The highest BCUT2D eigenvalue weighted by atomic mass is 16.3. The van der Waals surface area contributed by atoms with Crippen molar-refractivity contribution in [2.24, 2.45) is 0 Å². The van der Waals surface area contributed by atoms with Crippen LogP contribution in [0.5, 0.6) is 5.75 Å². The van der Waals surface area contributed by atoms with Gasteiger partial charge in [0.15, 0.2) is 0 Å². The van der Waals surface area contributed by atoms with Crippen LogP contribution >= 0.6 is 0 Å². The average Bonchev–Trinajstić information content (AvgIpc) is 2.37. The van der Waals surface area contributed by atoms with E-state index in [4.69, 9.17) is 0 Å². The second kappa shape index (κ2) is 5.69. The van der Waals surface area contributed by atoms with E-state index in [0.717, 1.165) is 5.56 Å². The lowest BCUT2D eigenvalue weighted by atomic mass is 10.1. The minimum absolute atomic E-state index is 0.268. The second-order valence-corrected chi connectivity index (χ2v) is 4.65. The first-order chi connectivity index (χ1) is 8.66. The van der Waals surface area contributed by atoms with Crippen LogP contribution in [0.2, 0.25) is 0 Å². The molecule has 0 saturated carbocycles. The number of hydrogen-bond donors (Lipinski definition) is 2. The van der Waals surface area contributed by atoms with Gasteiger partial charge in [0.1, 0.15) is 5.75 Å². The molecule has 2 heteroatoms. The zero-order valence-electron chi connectivity index (χ0n) is 10.9. The predicted molar refractivity (Wildman–Crippen MR) is 74.5 cm³/mol. The van der Waals surface area contributed by atoms with Crippen LogP contribution in [0.4, 0.5) is 0 Å². The fraction of sp³-hybridized carbons (Fsp3) is 0.250. The van der Waals surface area contributed by atoms with Crippen molar-refractivity contribution in [3.63, 3.8) is 0 Å². The van der Waals surface area contributed by atoms with Crippen molar-refractivity contribution in [3.8, 4) is 5.75 Å². The van der Waals surface area contributed by atoms with E-state index in [9.17, 15) is 5.11 Å². The number of aromatic hydroxyl groups is 1. The molecule has 0 unspecified atom stereocenters. The summed E-state index contributed by atoms with van der Waals surface area (Å²) in [5.41, 5.74) is 3.46. The summed E-state index contributed by atoms with van der Waals surface area (Å²) < 4.78 is 0. The summed E-state index contributed by atoms with van der Waals surface area (Å²) in [4.78, 5) is 0. The Morgan fingerprint density at radius 3 is 2.61 bits per heavy atom. The van der Waals surface area contributed by atoms with E-state index in [1.165, 1.54) is 11.1 Å². The first-order valence-corrected chi connectivity index (χ1v) is 6.23. The van der Waals surface area contributed by atoms with Gasteiger partial charge in [-0.2, -0.15) is 0 Å². The normalized spacial score (nSPS) is 12.3. The smallest absolute Gasteiger partial charge is 0.120 e. The highest BCUT2D eigenvalue weighted by Gasteiger charge is 2.06. The quantitative estimate of drug-likeness (QED) is 0.858. The highest BCUT2D eigenvalue weighted by molar-refractivity contribution is 5.32. The van der Waals surface area contributed by atoms with Gasteiger partial charge in [0.05, 0.1) is 0 Å². The van der Waals surface area contributed by atoms with E-state index < -0.39 is 0 Å². The summed E-state index contributed by atoms with van der Waals surface area (Å²) in [6, 6.07) is 16.2. The van der Waals surface area contributed by atoms with Crippen molar-refractivity contribution in [1.82, 2.24) is 5.32 Å². The SMILES string of the molecule is Cc1cccc([C@@H](C)NCc2ccccc2O)c1. The molecule has 2 aromatic carbocycles. The lowest BCUT2D eigenvalue weighted by Gasteiger charge is -2.15. The molecule has 0 aliphatic heterocycles. The van der Waals surface area contributed by atoms with E-state index in [-0.39, 0.29) is 6.04 Å². The first kappa shape index (κ1) is 12.7. The first-order valence-electron chi connectivity index (χ1n) is 6.23. The van der Waals surface area contributed by atoms with Crippen molar-refractivity contribution in [3.05, 3.63) is 65.2 Å². The number of rotatable bonds is 4. The van der Waals surface area contributed by atoms with Crippen LogP contribution < -0.4 is 5.32 Å². The Morgan fingerprint density at radius 1 is 1.11 bits per heavy atom. The summed E-state index contributed by atoms with van der Waals surface area (Å²) in [5.74, 6) is 0.349. The minimum Gasteiger partial charge on any atom is -0.508 e. The van der Waals surface area contributed by atoms with Gasteiger partial charge in [-0.15, -0.1) is 0 Å². The summed E-state index contributed by atoms with van der Waals surface area (Å²) in [6.45, 7) is 4.90. The Balaban J connectivity index is 2.00. The highest BCUT2D eigenvalue weighted by Crippen LogP contribution is 2.18.